The predicted octanol–water partition coefficient (Wildman–Crippen LogP) is 0.162. The molecule has 2 atom stereocenters. The molecule has 112 valence electrons. The molecule has 6 nitrogen and oxygen atoms in total. The first-order valence-electron chi connectivity index (χ1n) is 7.21. The largest absolute Gasteiger partial charge is 0.382 e. The fraction of sp³-hybridized carbons (Fsp3) is 0.923. The molecule has 0 aromatic rings. The summed E-state index contributed by atoms with van der Waals surface area (Å²) in [5.74, 6) is 6.81. The van der Waals surface area contributed by atoms with Gasteiger partial charge in [-0.3, -0.25) is 10.4 Å². The van der Waals surface area contributed by atoms with E-state index < -0.39 is 0 Å². The van der Waals surface area contributed by atoms with Gasteiger partial charge in [0.2, 0.25) is 5.96 Å². The molecule has 1 heterocycles. The monoisotopic (exact) mass is 271 g/mol. The van der Waals surface area contributed by atoms with Crippen LogP contribution < -0.4 is 16.6 Å². The second-order valence-corrected chi connectivity index (χ2v) is 5.20. The zero-order chi connectivity index (χ0) is 14.1. The van der Waals surface area contributed by atoms with Crippen LogP contribution in [0.2, 0.25) is 0 Å². The van der Waals surface area contributed by atoms with Crippen LogP contribution in [0.4, 0.5) is 0 Å². The van der Waals surface area contributed by atoms with Gasteiger partial charge >= 0.3 is 0 Å². The molecule has 0 aromatic carbocycles. The lowest BCUT2D eigenvalue weighted by atomic mass is 9.94. The van der Waals surface area contributed by atoms with Crippen LogP contribution in [-0.4, -0.2) is 56.8 Å². The number of guanidine groups is 1. The Balaban J connectivity index is 2.32. The summed E-state index contributed by atoms with van der Waals surface area (Å²) < 4.78 is 5.28. The highest BCUT2D eigenvalue weighted by Gasteiger charge is 2.24. The standard InChI is InChI=1S/C13H29N5O/c1-4-19-9-5-7-15-13(17-14)16-12-6-8-18(3)10-11(12)2/h11-12H,4-10,14H2,1-3H3,(H2,15,16,17). The molecule has 0 spiro atoms. The lowest BCUT2D eigenvalue weighted by Gasteiger charge is -2.35. The topological polar surface area (TPSA) is 74.9 Å². The summed E-state index contributed by atoms with van der Waals surface area (Å²) in [6.45, 7) is 8.73. The molecule has 0 aromatic heterocycles. The smallest absolute Gasteiger partial charge is 0.205 e. The zero-order valence-electron chi connectivity index (χ0n) is 12.5. The molecule has 6 heteroatoms. The van der Waals surface area contributed by atoms with Gasteiger partial charge in [-0.2, -0.15) is 0 Å². The van der Waals surface area contributed by atoms with Gasteiger partial charge in [-0.05, 0) is 39.3 Å². The van der Waals surface area contributed by atoms with Crippen LogP contribution in [0.5, 0.6) is 0 Å². The molecule has 1 aliphatic heterocycles. The van der Waals surface area contributed by atoms with Gasteiger partial charge in [0.25, 0.3) is 0 Å². The average molecular weight is 271 g/mol. The first-order valence-corrected chi connectivity index (χ1v) is 7.21. The van der Waals surface area contributed by atoms with Gasteiger partial charge in [0, 0.05) is 32.3 Å². The van der Waals surface area contributed by atoms with E-state index in [0.717, 1.165) is 45.7 Å². The van der Waals surface area contributed by atoms with Gasteiger partial charge in [-0.15, -0.1) is 0 Å². The number of piperidine rings is 1. The highest BCUT2D eigenvalue weighted by molar-refractivity contribution is 5.79. The molecular weight excluding hydrogens is 242 g/mol. The maximum atomic E-state index is 5.52. The molecule has 1 saturated heterocycles. The Kier molecular flexibility index (Phi) is 7.78. The van der Waals surface area contributed by atoms with Gasteiger partial charge in [0.05, 0.1) is 0 Å². The minimum Gasteiger partial charge on any atom is -0.382 e. The van der Waals surface area contributed by atoms with E-state index in [1.54, 1.807) is 0 Å². The minimum absolute atomic E-state index is 0.442. The van der Waals surface area contributed by atoms with E-state index in [4.69, 9.17) is 10.6 Å². The van der Waals surface area contributed by atoms with Gasteiger partial charge in [0.1, 0.15) is 0 Å². The van der Waals surface area contributed by atoms with Crippen molar-refractivity contribution in [3.63, 3.8) is 0 Å². The molecular formula is C13H29N5O. The fourth-order valence-corrected chi connectivity index (χ4v) is 2.38. The summed E-state index contributed by atoms with van der Waals surface area (Å²) in [4.78, 5) is 6.80. The Hall–Kier alpha value is -0.850. The summed E-state index contributed by atoms with van der Waals surface area (Å²) in [6.07, 6.45) is 2.04. The average Bonchev–Trinajstić information content (AvgIpc) is 2.39. The number of hydrazine groups is 1. The Bertz CT molecular complexity index is 272. The van der Waals surface area contributed by atoms with Crippen LogP contribution in [0.1, 0.15) is 26.7 Å². The number of nitrogens with one attached hydrogen (secondary N) is 2. The van der Waals surface area contributed by atoms with Gasteiger partial charge < -0.3 is 15.0 Å². The Morgan fingerprint density at radius 2 is 2.32 bits per heavy atom. The van der Waals surface area contributed by atoms with Crippen molar-refractivity contribution < 1.29 is 4.74 Å². The van der Waals surface area contributed by atoms with E-state index >= 15 is 0 Å². The van der Waals surface area contributed by atoms with Crippen molar-refractivity contribution in [2.75, 3.05) is 39.9 Å². The van der Waals surface area contributed by atoms with Crippen molar-refractivity contribution in [3.05, 3.63) is 0 Å². The molecule has 0 saturated carbocycles. The summed E-state index contributed by atoms with van der Waals surface area (Å²) in [5, 5.41) is 3.41. The number of nitrogens with two attached hydrogens (primary N) is 1. The van der Waals surface area contributed by atoms with E-state index in [-0.39, 0.29) is 0 Å². The third-order valence-electron chi connectivity index (χ3n) is 3.49. The van der Waals surface area contributed by atoms with Gasteiger partial charge in [0.15, 0.2) is 0 Å². The first-order chi connectivity index (χ1) is 9.17. The second-order valence-electron chi connectivity index (χ2n) is 5.20. The van der Waals surface area contributed by atoms with Crippen LogP contribution in [0.3, 0.4) is 0 Å². The zero-order valence-corrected chi connectivity index (χ0v) is 12.5. The van der Waals surface area contributed by atoms with Crippen molar-refractivity contribution in [2.45, 2.75) is 32.7 Å². The molecule has 1 rings (SSSR count). The van der Waals surface area contributed by atoms with Gasteiger partial charge in [-0.1, -0.05) is 6.92 Å². The number of hydrogen-bond acceptors (Lipinski definition) is 4. The van der Waals surface area contributed by atoms with E-state index in [1.807, 2.05) is 6.92 Å². The van der Waals surface area contributed by atoms with E-state index in [2.05, 4.69) is 34.6 Å². The normalized spacial score (nSPS) is 25.4. The Morgan fingerprint density at radius 1 is 1.53 bits per heavy atom. The van der Waals surface area contributed by atoms with Gasteiger partial charge in [-0.25, -0.2) is 5.84 Å². The number of rotatable bonds is 6. The lowest BCUT2D eigenvalue weighted by molar-refractivity contribution is 0.146. The van der Waals surface area contributed by atoms with Crippen LogP contribution in [0.25, 0.3) is 0 Å². The molecule has 19 heavy (non-hydrogen) atoms. The highest BCUT2D eigenvalue weighted by atomic mass is 16.5. The van der Waals surface area contributed by atoms with Crippen LogP contribution >= 0.6 is 0 Å². The number of ether oxygens (including phenoxy) is 1. The van der Waals surface area contributed by atoms with Crippen molar-refractivity contribution in [1.82, 2.24) is 15.6 Å². The van der Waals surface area contributed by atoms with Crippen LogP contribution in [-0.2, 0) is 4.74 Å². The van der Waals surface area contributed by atoms with E-state index in [9.17, 15) is 0 Å². The lowest BCUT2D eigenvalue weighted by Crippen LogP contribution is -2.53. The van der Waals surface area contributed by atoms with Crippen LogP contribution in [0, 0.1) is 5.92 Å². The SMILES string of the molecule is CCOCCCN=C(NN)NC1CCN(C)CC1C. The maximum absolute atomic E-state index is 5.52. The van der Waals surface area contributed by atoms with Crippen molar-refractivity contribution in [2.24, 2.45) is 16.8 Å². The third kappa shape index (κ3) is 6.22. The molecule has 4 N–H and O–H groups in total. The summed E-state index contributed by atoms with van der Waals surface area (Å²) in [7, 11) is 2.16. The summed E-state index contributed by atoms with van der Waals surface area (Å²) in [6, 6.07) is 0.442. The Morgan fingerprint density at radius 3 is 2.95 bits per heavy atom. The minimum atomic E-state index is 0.442. The first kappa shape index (κ1) is 16.2. The molecule has 2 unspecified atom stereocenters. The van der Waals surface area contributed by atoms with Crippen molar-refractivity contribution in [1.29, 1.82) is 0 Å². The number of likely N-dealkylation sites (tertiary alicyclic amines) is 1. The highest BCUT2D eigenvalue weighted by Crippen LogP contribution is 2.14. The maximum Gasteiger partial charge on any atom is 0.205 e. The number of aliphatic imine (C=N–C) groups is 1. The summed E-state index contributed by atoms with van der Waals surface area (Å²) >= 11 is 0. The molecule has 0 aliphatic carbocycles. The second kappa shape index (κ2) is 9.12. The van der Waals surface area contributed by atoms with E-state index in [0.29, 0.717) is 17.9 Å². The predicted molar refractivity (Wildman–Crippen MR) is 78.9 cm³/mol. The number of nitrogens with zero attached hydrogens (tertiary/aromatic N) is 2. The van der Waals surface area contributed by atoms with Crippen LogP contribution in [0.15, 0.2) is 4.99 Å². The van der Waals surface area contributed by atoms with E-state index in [1.165, 1.54) is 0 Å². The van der Waals surface area contributed by atoms with Crippen molar-refractivity contribution >= 4 is 5.96 Å². The molecule has 0 radical (unpaired) electrons. The molecule has 1 aliphatic rings. The molecule has 0 amide bonds. The van der Waals surface area contributed by atoms with Crippen molar-refractivity contribution in [3.8, 4) is 0 Å². The molecule has 1 fully saturated rings. The quantitative estimate of drug-likeness (QED) is 0.211. The summed E-state index contributed by atoms with van der Waals surface area (Å²) in [5.41, 5.74) is 2.66. The number of hydrogen-bond donors (Lipinski definition) is 3. The fourth-order valence-electron chi connectivity index (χ4n) is 2.38. The molecule has 0 bridgehead atoms. The third-order valence-corrected chi connectivity index (χ3v) is 3.49. The Labute approximate surface area is 116 Å².